The van der Waals surface area contributed by atoms with E-state index in [9.17, 15) is 9.90 Å². The molecule has 4 saturated carbocycles. The van der Waals surface area contributed by atoms with Gasteiger partial charge in [0.2, 0.25) is 5.91 Å². The average Bonchev–Trinajstić information content (AvgIpc) is 2.52. The molecule has 1 heterocycles. The first-order valence-corrected chi connectivity index (χ1v) is 10.7. The van der Waals surface area contributed by atoms with E-state index < -0.39 is 0 Å². The lowest BCUT2D eigenvalue weighted by atomic mass is 9.49. The van der Waals surface area contributed by atoms with Gasteiger partial charge in [0, 0.05) is 45.7 Å². The van der Waals surface area contributed by atoms with E-state index in [1.165, 1.54) is 38.5 Å². The van der Waals surface area contributed by atoms with Crippen LogP contribution in [0.5, 0.6) is 0 Å². The van der Waals surface area contributed by atoms with Crippen LogP contribution in [0.25, 0.3) is 0 Å². The molecule has 5 aliphatic rings. The second-order valence-electron chi connectivity index (χ2n) is 10.2. The topological polar surface area (TPSA) is 47.0 Å². The number of likely N-dealkylation sites (N-methyl/N-ethyl adjacent to an activating group) is 1. The van der Waals surface area contributed by atoms with Crippen molar-refractivity contribution in [3.05, 3.63) is 0 Å². The standard InChI is InChI=1S/C21H37N3O2/c1-22(2)14-19(25)15-23-3-5-24(6-4-23)20(26)13-21-10-16-7-17(11-21)9-18(8-16)12-21/h16-19,25H,3-15H2,1-2H3. The Morgan fingerprint density at radius 1 is 1.04 bits per heavy atom. The highest BCUT2D eigenvalue weighted by molar-refractivity contribution is 5.77. The van der Waals surface area contributed by atoms with Gasteiger partial charge >= 0.3 is 0 Å². The van der Waals surface area contributed by atoms with Crippen molar-refractivity contribution in [3.8, 4) is 0 Å². The van der Waals surface area contributed by atoms with Crippen LogP contribution >= 0.6 is 0 Å². The normalized spacial score (nSPS) is 38.2. The summed E-state index contributed by atoms with van der Waals surface area (Å²) >= 11 is 0. The third-order valence-corrected chi connectivity index (χ3v) is 7.46. The molecule has 0 aromatic heterocycles. The molecule has 5 fully saturated rings. The number of amides is 1. The first-order valence-electron chi connectivity index (χ1n) is 10.7. The van der Waals surface area contributed by atoms with Crippen LogP contribution in [0.2, 0.25) is 0 Å². The highest BCUT2D eigenvalue weighted by Crippen LogP contribution is 2.61. The third kappa shape index (κ3) is 4.10. The average molecular weight is 364 g/mol. The molecular formula is C21H37N3O2. The molecule has 1 atom stereocenters. The first kappa shape index (κ1) is 18.7. The van der Waals surface area contributed by atoms with Crippen molar-refractivity contribution in [1.29, 1.82) is 0 Å². The quantitative estimate of drug-likeness (QED) is 0.780. The molecule has 4 bridgehead atoms. The summed E-state index contributed by atoms with van der Waals surface area (Å²) in [5.74, 6) is 3.16. The Morgan fingerprint density at radius 3 is 2.08 bits per heavy atom. The van der Waals surface area contributed by atoms with Gasteiger partial charge in [-0.2, -0.15) is 0 Å². The van der Waals surface area contributed by atoms with Crippen LogP contribution in [-0.4, -0.2) is 85.2 Å². The Morgan fingerprint density at radius 2 is 1.58 bits per heavy atom. The predicted molar refractivity (Wildman–Crippen MR) is 103 cm³/mol. The van der Waals surface area contributed by atoms with Gasteiger partial charge in [-0.05, 0) is 75.8 Å². The largest absolute Gasteiger partial charge is 0.390 e. The van der Waals surface area contributed by atoms with E-state index in [4.69, 9.17) is 0 Å². The van der Waals surface area contributed by atoms with Crippen molar-refractivity contribution in [2.75, 3.05) is 53.4 Å². The van der Waals surface area contributed by atoms with Gasteiger partial charge in [0.15, 0.2) is 0 Å². The van der Waals surface area contributed by atoms with Crippen molar-refractivity contribution < 1.29 is 9.90 Å². The van der Waals surface area contributed by atoms with Crippen LogP contribution in [0.1, 0.15) is 44.9 Å². The molecule has 5 rings (SSSR count). The van der Waals surface area contributed by atoms with Crippen molar-refractivity contribution >= 4 is 5.91 Å². The molecule has 0 aromatic rings. The maximum absolute atomic E-state index is 13.0. The van der Waals surface area contributed by atoms with Crippen LogP contribution in [0.4, 0.5) is 0 Å². The van der Waals surface area contributed by atoms with Crippen molar-refractivity contribution in [2.24, 2.45) is 23.2 Å². The number of hydrogen-bond acceptors (Lipinski definition) is 4. The van der Waals surface area contributed by atoms with Gasteiger partial charge in [-0.1, -0.05) is 0 Å². The number of nitrogens with zero attached hydrogens (tertiary/aromatic N) is 3. The molecule has 26 heavy (non-hydrogen) atoms. The van der Waals surface area contributed by atoms with E-state index in [1.54, 1.807) is 0 Å². The minimum Gasteiger partial charge on any atom is -0.390 e. The Hall–Kier alpha value is -0.650. The minimum absolute atomic E-state index is 0.306. The summed E-state index contributed by atoms with van der Waals surface area (Å²) in [6, 6.07) is 0. The molecule has 1 aliphatic heterocycles. The number of aliphatic hydroxyl groups excluding tert-OH is 1. The van der Waals surface area contributed by atoms with Gasteiger partial charge in [0.25, 0.3) is 0 Å². The third-order valence-electron chi connectivity index (χ3n) is 7.46. The van der Waals surface area contributed by atoms with E-state index in [0.29, 0.717) is 17.9 Å². The summed E-state index contributed by atoms with van der Waals surface area (Å²) in [6.45, 7) is 4.88. The zero-order valence-corrected chi connectivity index (χ0v) is 16.7. The summed E-state index contributed by atoms with van der Waals surface area (Å²) in [4.78, 5) is 19.4. The SMILES string of the molecule is CN(C)CC(O)CN1CCN(C(=O)CC23CC4CC(CC(C4)C2)C3)CC1. The fraction of sp³-hybridized carbons (Fsp3) is 0.952. The number of piperazine rings is 1. The molecule has 0 radical (unpaired) electrons. The van der Waals surface area contributed by atoms with E-state index in [2.05, 4.69) is 9.80 Å². The highest BCUT2D eigenvalue weighted by atomic mass is 16.3. The molecule has 1 unspecified atom stereocenters. The predicted octanol–water partition coefficient (Wildman–Crippen LogP) is 1.66. The van der Waals surface area contributed by atoms with Crippen molar-refractivity contribution in [2.45, 2.75) is 51.0 Å². The maximum Gasteiger partial charge on any atom is 0.223 e. The number of carbonyl (C=O) groups excluding carboxylic acids is 1. The van der Waals surface area contributed by atoms with Crippen LogP contribution in [0.15, 0.2) is 0 Å². The van der Waals surface area contributed by atoms with E-state index in [1.807, 2.05) is 19.0 Å². The zero-order chi connectivity index (χ0) is 18.3. The van der Waals surface area contributed by atoms with Gasteiger partial charge in [0.1, 0.15) is 0 Å². The molecule has 0 aromatic carbocycles. The lowest BCUT2D eigenvalue weighted by Crippen LogP contribution is -2.53. The minimum atomic E-state index is -0.306. The molecule has 5 heteroatoms. The molecule has 1 saturated heterocycles. The number of carbonyl (C=O) groups is 1. The number of aliphatic hydroxyl groups is 1. The Kier molecular flexibility index (Phi) is 5.32. The highest BCUT2D eigenvalue weighted by Gasteiger charge is 2.51. The van der Waals surface area contributed by atoms with E-state index in [0.717, 1.165) is 56.9 Å². The van der Waals surface area contributed by atoms with Gasteiger partial charge in [0.05, 0.1) is 6.10 Å². The summed E-state index contributed by atoms with van der Waals surface area (Å²) in [6.07, 6.45) is 8.80. The molecular weight excluding hydrogens is 326 g/mol. The van der Waals surface area contributed by atoms with Gasteiger partial charge in [-0.3, -0.25) is 9.69 Å². The summed E-state index contributed by atoms with van der Waals surface area (Å²) in [7, 11) is 3.98. The zero-order valence-electron chi connectivity index (χ0n) is 16.7. The number of hydrogen-bond donors (Lipinski definition) is 1. The Balaban J connectivity index is 1.25. The van der Waals surface area contributed by atoms with Crippen LogP contribution in [-0.2, 0) is 4.79 Å². The van der Waals surface area contributed by atoms with E-state index in [-0.39, 0.29) is 6.10 Å². The second kappa shape index (κ2) is 7.40. The second-order valence-corrected chi connectivity index (χ2v) is 10.2. The number of β-amino-alcohol motifs (C(OH)–C–C–N with tert-alkyl or cyclic N) is 1. The van der Waals surface area contributed by atoms with Crippen LogP contribution in [0.3, 0.4) is 0 Å². The summed E-state index contributed by atoms with van der Waals surface area (Å²) in [5.41, 5.74) is 0.352. The van der Waals surface area contributed by atoms with Crippen molar-refractivity contribution in [1.82, 2.24) is 14.7 Å². The lowest BCUT2D eigenvalue weighted by Gasteiger charge is -2.57. The lowest BCUT2D eigenvalue weighted by molar-refractivity contribution is -0.141. The summed E-state index contributed by atoms with van der Waals surface area (Å²) < 4.78 is 0. The molecule has 1 amide bonds. The Bertz CT molecular complexity index is 478. The molecule has 1 N–H and O–H groups in total. The molecule has 5 nitrogen and oxygen atoms in total. The smallest absolute Gasteiger partial charge is 0.223 e. The first-order chi connectivity index (χ1) is 12.4. The molecule has 148 valence electrons. The fourth-order valence-corrected chi connectivity index (χ4v) is 6.90. The van der Waals surface area contributed by atoms with Crippen LogP contribution in [0, 0.1) is 23.2 Å². The number of rotatable bonds is 6. The van der Waals surface area contributed by atoms with Gasteiger partial charge in [-0.15, -0.1) is 0 Å². The van der Waals surface area contributed by atoms with E-state index >= 15 is 0 Å². The summed E-state index contributed by atoms with van der Waals surface area (Å²) in [5, 5.41) is 10.1. The van der Waals surface area contributed by atoms with Gasteiger partial charge < -0.3 is 14.9 Å². The fourth-order valence-electron chi connectivity index (χ4n) is 6.90. The monoisotopic (exact) mass is 363 g/mol. The molecule has 0 spiro atoms. The van der Waals surface area contributed by atoms with Gasteiger partial charge in [-0.25, -0.2) is 0 Å². The van der Waals surface area contributed by atoms with Crippen molar-refractivity contribution in [3.63, 3.8) is 0 Å². The molecule has 4 aliphatic carbocycles. The Labute approximate surface area is 158 Å². The van der Waals surface area contributed by atoms with Crippen LogP contribution < -0.4 is 0 Å². The maximum atomic E-state index is 13.0.